The summed E-state index contributed by atoms with van der Waals surface area (Å²) in [6, 6.07) is 19.5. The second-order valence-electron chi connectivity index (χ2n) is 3.16. The van der Waals surface area contributed by atoms with Gasteiger partial charge in [0.15, 0.2) is 0 Å². The molecule has 96 valence electrons. The molecule has 2 aromatic rings. The molecule has 0 spiro atoms. The van der Waals surface area contributed by atoms with Gasteiger partial charge in [0.2, 0.25) is 0 Å². The monoisotopic (exact) mass is 362 g/mol. The number of rotatable bonds is 2. The molecule has 0 bridgehead atoms. The van der Waals surface area contributed by atoms with Crippen LogP contribution in [0.1, 0.15) is 0 Å². The van der Waals surface area contributed by atoms with E-state index in [1.807, 2.05) is 60.7 Å². The van der Waals surface area contributed by atoms with Gasteiger partial charge in [0.05, 0.1) is 0 Å². The summed E-state index contributed by atoms with van der Waals surface area (Å²) in [6.45, 7) is 0. The Morgan fingerprint density at radius 3 is 1.39 bits per heavy atom. The van der Waals surface area contributed by atoms with Gasteiger partial charge in [-0.25, -0.2) is 0 Å². The summed E-state index contributed by atoms with van der Waals surface area (Å²) in [5, 5.41) is 0. The number of halogens is 2. The Balaban J connectivity index is 0.000000280. The van der Waals surface area contributed by atoms with Crippen LogP contribution in [0.2, 0.25) is 0 Å². The summed E-state index contributed by atoms with van der Waals surface area (Å²) < 4.78 is 41.4. The minimum Gasteiger partial charge on any atom is -0.457 e. The first-order chi connectivity index (χ1) is 8.45. The minimum atomic E-state index is -6.35. The van der Waals surface area contributed by atoms with E-state index in [9.17, 15) is 5.63 Å². The van der Waals surface area contributed by atoms with Crippen molar-refractivity contribution < 1.29 is 16.8 Å². The van der Waals surface area contributed by atoms with E-state index in [0.717, 1.165) is 11.5 Å². The van der Waals surface area contributed by atoms with Gasteiger partial charge in [0.1, 0.15) is 11.5 Å². The van der Waals surface area contributed by atoms with Crippen LogP contribution >= 0.6 is 0 Å². The van der Waals surface area contributed by atoms with Gasteiger partial charge >= 0.3 is 32.4 Å². The molecule has 0 saturated heterocycles. The standard InChI is InChI=1S/C12H10O.2FH.H2O.O.Sb/c1-3-7-11(8-4-1)13-12-9-5-2-6-10-12;;;;;/h1-10H;2*1H;1H2;;/q;;;;;+3/p-3. The van der Waals surface area contributed by atoms with E-state index in [2.05, 4.69) is 0 Å². The van der Waals surface area contributed by atoms with Gasteiger partial charge < -0.3 is 4.74 Å². The summed E-state index contributed by atoms with van der Waals surface area (Å²) in [4.78, 5) is 0. The van der Waals surface area contributed by atoms with E-state index >= 15 is 0 Å². The van der Waals surface area contributed by atoms with E-state index in [0.29, 0.717) is 0 Å². The maximum atomic E-state index is 10.2. The van der Waals surface area contributed by atoms with Gasteiger partial charge in [-0.2, -0.15) is 0 Å². The molecule has 0 atom stereocenters. The Bertz CT molecular complexity index is 453. The Hall–Kier alpha value is -1.32. The third-order valence-electron chi connectivity index (χ3n) is 1.72. The summed E-state index contributed by atoms with van der Waals surface area (Å²) >= 11 is -6.35. The van der Waals surface area contributed by atoms with Crippen LogP contribution in [-0.2, 0) is 3.02 Å². The largest absolute Gasteiger partial charge is 0.457 e. The average molecular weight is 363 g/mol. The minimum absolute atomic E-state index is 0.869. The summed E-state index contributed by atoms with van der Waals surface area (Å²) in [5.41, 5.74) is 0. The number of ether oxygens (including phenoxy) is 1. The topological polar surface area (TPSA) is 46.5 Å². The number of benzene rings is 2. The zero-order valence-corrected chi connectivity index (χ0v) is 11.8. The second kappa shape index (κ2) is 7.19. The Labute approximate surface area is 109 Å². The average Bonchev–Trinajstić information content (AvgIpc) is 2.29. The molecule has 2 rings (SSSR count). The van der Waals surface area contributed by atoms with E-state index in [1.165, 1.54) is 0 Å². The van der Waals surface area contributed by atoms with E-state index < -0.39 is 20.4 Å². The maximum absolute atomic E-state index is 10.2. The molecule has 0 aliphatic carbocycles. The molecule has 0 saturated carbocycles. The van der Waals surface area contributed by atoms with Crippen molar-refractivity contribution in [2.75, 3.05) is 0 Å². The molecular weight excluding hydrogens is 352 g/mol. The van der Waals surface area contributed by atoms with Crippen molar-refractivity contribution in [3.8, 4) is 11.5 Å². The third-order valence-corrected chi connectivity index (χ3v) is 1.72. The normalized spacial score (nSPS) is 10.2. The van der Waals surface area contributed by atoms with Crippen molar-refractivity contribution in [3.05, 3.63) is 60.7 Å². The molecule has 0 aromatic heterocycles. The van der Waals surface area contributed by atoms with Gasteiger partial charge in [0.25, 0.3) is 0 Å². The first-order valence-corrected chi connectivity index (χ1v) is 9.06. The SMILES string of the molecule is [O]=[Sb]([OH])([F])[F].c1ccc(Oc2ccccc2)cc1. The Morgan fingerprint density at radius 1 is 0.833 bits per heavy atom. The first kappa shape index (κ1) is 14.7. The van der Waals surface area contributed by atoms with Gasteiger partial charge in [-0.3, -0.25) is 0 Å². The van der Waals surface area contributed by atoms with Crippen LogP contribution < -0.4 is 4.74 Å². The van der Waals surface area contributed by atoms with Crippen molar-refractivity contribution in [3.63, 3.8) is 0 Å². The van der Waals surface area contributed by atoms with Crippen molar-refractivity contribution in [2.24, 2.45) is 0 Å². The molecule has 0 unspecified atom stereocenters. The molecule has 0 amide bonds. The van der Waals surface area contributed by atoms with Crippen molar-refractivity contribution in [1.82, 2.24) is 0 Å². The number of hydrogen-bond donors (Lipinski definition) is 1. The Morgan fingerprint density at radius 2 is 1.11 bits per heavy atom. The van der Waals surface area contributed by atoms with E-state index in [4.69, 9.17) is 11.1 Å². The number of hydrogen-bond acceptors (Lipinski definition) is 2. The molecule has 0 heterocycles. The van der Waals surface area contributed by atoms with Crippen LogP contribution in [0, 0.1) is 0 Å². The fraction of sp³-hybridized carbons (Fsp3) is 0. The van der Waals surface area contributed by atoms with Crippen LogP contribution in [0.5, 0.6) is 11.5 Å². The van der Waals surface area contributed by atoms with Crippen LogP contribution in [0.15, 0.2) is 60.7 Å². The summed E-state index contributed by atoms with van der Waals surface area (Å²) in [6.07, 6.45) is 0. The van der Waals surface area contributed by atoms with Gasteiger partial charge in [-0.1, -0.05) is 36.4 Å². The van der Waals surface area contributed by atoms with E-state index in [-0.39, 0.29) is 0 Å². The van der Waals surface area contributed by atoms with Crippen molar-refractivity contribution >= 4 is 20.4 Å². The second-order valence-corrected chi connectivity index (χ2v) is 5.64. The zero-order valence-electron chi connectivity index (χ0n) is 9.24. The third kappa shape index (κ3) is 7.87. The van der Waals surface area contributed by atoms with Gasteiger partial charge in [-0.05, 0) is 24.3 Å². The van der Waals surface area contributed by atoms with Crippen LogP contribution in [0.4, 0.5) is 5.63 Å². The first-order valence-electron chi connectivity index (χ1n) is 4.95. The summed E-state index contributed by atoms with van der Waals surface area (Å²) in [5.74, 6) is 1.74. The molecule has 18 heavy (non-hydrogen) atoms. The quantitative estimate of drug-likeness (QED) is 0.834. The molecule has 1 N–H and O–H groups in total. The molecule has 0 radical (unpaired) electrons. The molecule has 0 aliphatic heterocycles. The van der Waals surface area contributed by atoms with Gasteiger partial charge in [-0.15, -0.1) is 0 Å². The molecule has 0 aliphatic rings. The number of para-hydroxylation sites is 2. The fourth-order valence-corrected chi connectivity index (χ4v) is 1.11. The Kier molecular flexibility index (Phi) is 5.89. The molecular formula is C12H11F2O3Sb. The zero-order chi connectivity index (χ0) is 13.4. The van der Waals surface area contributed by atoms with Crippen LogP contribution in [0.3, 0.4) is 0 Å². The van der Waals surface area contributed by atoms with Crippen molar-refractivity contribution in [1.29, 1.82) is 0 Å². The predicted molar refractivity (Wildman–Crippen MR) is 63.8 cm³/mol. The van der Waals surface area contributed by atoms with Crippen LogP contribution in [-0.4, -0.2) is 23.8 Å². The molecule has 2 aromatic carbocycles. The van der Waals surface area contributed by atoms with Crippen molar-refractivity contribution in [2.45, 2.75) is 0 Å². The smallest absolute Gasteiger partial charge is 0.127 e. The van der Waals surface area contributed by atoms with E-state index in [1.54, 1.807) is 0 Å². The molecule has 0 fully saturated rings. The summed E-state index contributed by atoms with van der Waals surface area (Å²) in [7, 11) is 0. The molecule has 3 nitrogen and oxygen atoms in total. The maximum Gasteiger partial charge on any atom is 0.127 e. The molecule has 6 heteroatoms. The predicted octanol–water partition coefficient (Wildman–Crippen LogP) is 3.26. The van der Waals surface area contributed by atoms with Crippen LogP contribution in [0.25, 0.3) is 0 Å². The fourth-order valence-electron chi connectivity index (χ4n) is 1.11. The van der Waals surface area contributed by atoms with Gasteiger partial charge in [0, 0.05) is 0 Å².